The Morgan fingerprint density at radius 1 is 1.76 bits per heavy atom. The molecule has 0 radical (unpaired) electrons. The van der Waals surface area contributed by atoms with Gasteiger partial charge in [-0.3, -0.25) is 4.90 Å². The molecule has 1 fully saturated rings. The van der Waals surface area contributed by atoms with E-state index in [2.05, 4.69) is 41.1 Å². The molecular formula is C12H15IN2O2. The van der Waals surface area contributed by atoms with Crippen molar-refractivity contribution in [1.29, 1.82) is 0 Å². The Morgan fingerprint density at radius 2 is 2.53 bits per heavy atom. The van der Waals surface area contributed by atoms with Gasteiger partial charge in [-0.05, 0) is 18.9 Å². The molecule has 0 aromatic carbocycles. The van der Waals surface area contributed by atoms with E-state index in [1.165, 1.54) is 0 Å². The number of allylic oxidation sites excluding steroid dienone is 1. The van der Waals surface area contributed by atoms with Gasteiger partial charge in [0.05, 0.1) is 5.60 Å². The lowest BCUT2D eigenvalue weighted by molar-refractivity contribution is -0.0424. The fourth-order valence-corrected chi connectivity index (χ4v) is 2.84. The molecule has 1 N–H and O–H groups in total. The summed E-state index contributed by atoms with van der Waals surface area (Å²) in [5.41, 5.74) is 0.307. The van der Waals surface area contributed by atoms with Gasteiger partial charge in [-0.15, -0.1) is 6.58 Å². The first-order valence-electron chi connectivity index (χ1n) is 5.44. The number of hydrogen-bond acceptors (Lipinski definition) is 2. The van der Waals surface area contributed by atoms with Gasteiger partial charge in [0.2, 0.25) is 0 Å². The van der Waals surface area contributed by atoms with Crippen molar-refractivity contribution >= 4 is 28.6 Å². The second kappa shape index (κ2) is 4.81. The molecule has 2 amide bonds. The maximum absolute atomic E-state index is 11.8. The van der Waals surface area contributed by atoms with Crippen LogP contribution in [-0.2, 0) is 4.74 Å². The maximum atomic E-state index is 11.8. The summed E-state index contributed by atoms with van der Waals surface area (Å²) in [6.07, 6.45) is 6.82. The molecular weight excluding hydrogens is 331 g/mol. The number of halogens is 1. The van der Waals surface area contributed by atoms with Crippen molar-refractivity contribution in [2.75, 3.05) is 4.43 Å². The molecule has 0 saturated carbocycles. The van der Waals surface area contributed by atoms with Crippen molar-refractivity contribution in [2.24, 2.45) is 0 Å². The SMILES string of the molecule is C=C[C@@]1(CI)CC[C@H](N2C=CC(=C)NC2=O)O1. The van der Waals surface area contributed by atoms with Crippen LogP contribution in [0, 0.1) is 0 Å². The van der Waals surface area contributed by atoms with Crippen molar-refractivity contribution < 1.29 is 9.53 Å². The minimum atomic E-state index is -0.298. The van der Waals surface area contributed by atoms with Gasteiger partial charge in [-0.1, -0.05) is 35.2 Å². The lowest BCUT2D eigenvalue weighted by atomic mass is 10.0. The molecule has 2 aliphatic heterocycles. The van der Waals surface area contributed by atoms with Crippen LogP contribution in [0.3, 0.4) is 0 Å². The molecule has 0 bridgehead atoms. The van der Waals surface area contributed by atoms with E-state index in [1.54, 1.807) is 17.2 Å². The molecule has 0 aromatic rings. The molecule has 0 aromatic heterocycles. The Labute approximate surface area is 115 Å². The molecule has 2 aliphatic rings. The van der Waals surface area contributed by atoms with Crippen LogP contribution in [0.4, 0.5) is 4.79 Å². The summed E-state index contributed by atoms with van der Waals surface area (Å²) in [6.45, 7) is 7.50. The fourth-order valence-electron chi connectivity index (χ4n) is 1.96. The van der Waals surface area contributed by atoms with E-state index in [4.69, 9.17) is 4.74 Å². The first-order valence-corrected chi connectivity index (χ1v) is 6.96. The molecule has 2 heterocycles. The maximum Gasteiger partial charge on any atom is 0.327 e. The number of carbonyl (C=O) groups excluding carboxylic acids is 1. The summed E-state index contributed by atoms with van der Waals surface area (Å²) in [7, 11) is 0. The average molecular weight is 346 g/mol. The highest BCUT2D eigenvalue weighted by molar-refractivity contribution is 14.1. The largest absolute Gasteiger partial charge is 0.347 e. The van der Waals surface area contributed by atoms with E-state index in [1.807, 2.05) is 6.08 Å². The monoisotopic (exact) mass is 346 g/mol. The Hall–Kier alpha value is -0.820. The van der Waals surface area contributed by atoms with Crippen LogP contribution < -0.4 is 5.32 Å². The van der Waals surface area contributed by atoms with E-state index < -0.39 is 0 Å². The molecule has 92 valence electrons. The van der Waals surface area contributed by atoms with Crippen LogP contribution in [0.2, 0.25) is 0 Å². The highest BCUT2D eigenvalue weighted by Crippen LogP contribution is 2.35. The van der Waals surface area contributed by atoms with Crippen LogP contribution in [0.15, 0.2) is 37.2 Å². The van der Waals surface area contributed by atoms with Crippen LogP contribution >= 0.6 is 22.6 Å². The predicted molar refractivity (Wildman–Crippen MR) is 74.6 cm³/mol. The zero-order valence-corrected chi connectivity index (χ0v) is 11.6. The zero-order valence-electron chi connectivity index (χ0n) is 9.49. The normalized spacial score (nSPS) is 32.8. The second-order valence-corrected chi connectivity index (χ2v) is 4.95. The summed E-state index contributed by atoms with van der Waals surface area (Å²) in [5, 5.41) is 2.67. The molecule has 17 heavy (non-hydrogen) atoms. The number of ether oxygens (including phenoxy) is 1. The lowest BCUT2D eigenvalue weighted by Gasteiger charge is -2.30. The lowest BCUT2D eigenvalue weighted by Crippen LogP contribution is -2.45. The van der Waals surface area contributed by atoms with Crippen molar-refractivity contribution in [3.8, 4) is 0 Å². The number of nitrogens with zero attached hydrogens (tertiary/aromatic N) is 1. The highest BCUT2D eigenvalue weighted by Gasteiger charge is 2.40. The summed E-state index contributed by atoms with van der Waals surface area (Å²) in [4.78, 5) is 13.4. The topological polar surface area (TPSA) is 41.6 Å². The Balaban J connectivity index is 2.11. The Bertz CT molecular complexity index is 394. The molecule has 4 nitrogen and oxygen atoms in total. The number of amides is 2. The average Bonchev–Trinajstić information content (AvgIpc) is 2.74. The second-order valence-electron chi connectivity index (χ2n) is 4.19. The zero-order chi connectivity index (χ0) is 12.5. The van der Waals surface area contributed by atoms with Crippen LogP contribution in [0.1, 0.15) is 12.8 Å². The van der Waals surface area contributed by atoms with Crippen LogP contribution in [-0.4, -0.2) is 27.2 Å². The fraction of sp³-hybridized carbons (Fsp3) is 0.417. The Morgan fingerprint density at radius 3 is 3.06 bits per heavy atom. The number of urea groups is 1. The number of nitrogens with one attached hydrogen (secondary N) is 1. The summed E-state index contributed by atoms with van der Waals surface area (Å²) in [5.74, 6) is 0. The van der Waals surface area contributed by atoms with E-state index in [0.717, 1.165) is 17.3 Å². The summed E-state index contributed by atoms with van der Waals surface area (Å²) in [6, 6.07) is -0.184. The quantitative estimate of drug-likeness (QED) is 0.485. The predicted octanol–water partition coefficient (Wildman–Crippen LogP) is 2.54. The third-order valence-electron chi connectivity index (χ3n) is 3.03. The number of hydrogen-bond donors (Lipinski definition) is 1. The van der Waals surface area contributed by atoms with E-state index >= 15 is 0 Å². The van der Waals surface area contributed by atoms with Gasteiger partial charge in [0, 0.05) is 16.3 Å². The molecule has 0 aliphatic carbocycles. The van der Waals surface area contributed by atoms with Gasteiger partial charge in [0.25, 0.3) is 0 Å². The molecule has 0 spiro atoms. The summed E-state index contributed by atoms with van der Waals surface area (Å²) < 4.78 is 6.80. The van der Waals surface area contributed by atoms with E-state index in [0.29, 0.717) is 5.70 Å². The van der Waals surface area contributed by atoms with Crippen molar-refractivity contribution in [1.82, 2.24) is 10.2 Å². The molecule has 5 heteroatoms. The standard InChI is InChI=1S/C12H15IN2O2/c1-3-12(8-13)6-4-10(17-12)15-7-5-9(2)14-11(15)16/h3,5,7,10H,1-2,4,6,8H2,(H,14,16)/t10-,12+/m1/s1. The number of carbonyl (C=O) groups is 1. The first-order chi connectivity index (χ1) is 8.10. The highest BCUT2D eigenvalue weighted by atomic mass is 127. The van der Waals surface area contributed by atoms with E-state index in [9.17, 15) is 4.79 Å². The molecule has 2 atom stereocenters. The van der Waals surface area contributed by atoms with Gasteiger partial charge in [0.15, 0.2) is 0 Å². The number of alkyl halides is 1. The summed E-state index contributed by atoms with van der Waals surface area (Å²) >= 11 is 2.28. The smallest absolute Gasteiger partial charge is 0.327 e. The van der Waals surface area contributed by atoms with Gasteiger partial charge in [-0.25, -0.2) is 4.79 Å². The van der Waals surface area contributed by atoms with E-state index in [-0.39, 0.29) is 17.9 Å². The molecule has 1 saturated heterocycles. The first kappa shape index (κ1) is 12.6. The molecule has 2 rings (SSSR count). The third-order valence-corrected chi connectivity index (χ3v) is 4.32. The van der Waals surface area contributed by atoms with Gasteiger partial charge in [-0.2, -0.15) is 0 Å². The van der Waals surface area contributed by atoms with Gasteiger partial charge >= 0.3 is 6.03 Å². The van der Waals surface area contributed by atoms with Gasteiger partial charge in [0.1, 0.15) is 6.23 Å². The van der Waals surface area contributed by atoms with Crippen LogP contribution in [0.5, 0.6) is 0 Å². The van der Waals surface area contributed by atoms with Crippen molar-refractivity contribution in [2.45, 2.75) is 24.7 Å². The van der Waals surface area contributed by atoms with Crippen molar-refractivity contribution in [3.63, 3.8) is 0 Å². The molecule has 0 unspecified atom stereocenters. The van der Waals surface area contributed by atoms with Crippen LogP contribution in [0.25, 0.3) is 0 Å². The Kier molecular flexibility index (Phi) is 3.58. The third kappa shape index (κ3) is 2.40. The van der Waals surface area contributed by atoms with Gasteiger partial charge < -0.3 is 10.1 Å². The number of rotatable bonds is 3. The van der Waals surface area contributed by atoms with Crippen molar-refractivity contribution in [3.05, 3.63) is 37.2 Å². The minimum absolute atomic E-state index is 0.184. The minimum Gasteiger partial charge on any atom is -0.347 e.